The molecule has 0 aliphatic carbocycles. The minimum absolute atomic E-state index is 0.306. The highest BCUT2D eigenvalue weighted by Crippen LogP contribution is 2.38. The molecule has 2 atom stereocenters. The minimum atomic E-state index is -1.15. The number of rotatable bonds is 6. The summed E-state index contributed by atoms with van der Waals surface area (Å²) in [6.45, 7) is 5.64. The molecule has 0 radical (unpaired) electrons. The van der Waals surface area contributed by atoms with Gasteiger partial charge >= 0.3 is 0 Å². The lowest BCUT2D eigenvalue weighted by Crippen LogP contribution is -2.39. The molecule has 3 rings (SSSR count). The van der Waals surface area contributed by atoms with Gasteiger partial charge in [-0.3, -0.25) is 4.79 Å². The maximum Gasteiger partial charge on any atom is 0.293 e. The molecule has 5 heteroatoms. The van der Waals surface area contributed by atoms with E-state index in [2.05, 4.69) is 11.6 Å². The zero-order chi connectivity index (χ0) is 18.7. The molecule has 5 nitrogen and oxygen atoms in total. The fourth-order valence-electron chi connectivity index (χ4n) is 3.01. The van der Waals surface area contributed by atoms with Gasteiger partial charge in [0.1, 0.15) is 11.5 Å². The third kappa shape index (κ3) is 3.08. The van der Waals surface area contributed by atoms with Crippen LogP contribution in [0.5, 0.6) is 11.5 Å². The average molecular weight is 351 g/mol. The lowest BCUT2D eigenvalue weighted by molar-refractivity contribution is -0.130. The van der Waals surface area contributed by atoms with Gasteiger partial charge in [0.25, 0.3) is 5.91 Å². The first-order valence-electron chi connectivity index (χ1n) is 8.25. The number of ether oxygens (including phenoxy) is 3. The Balaban J connectivity index is 1.88. The summed E-state index contributed by atoms with van der Waals surface area (Å²) >= 11 is 0. The van der Waals surface area contributed by atoms with Crippen molar-refractivity contribution in [1.82, 2.24) is 0 Å². The highest BCUT2D eigenvalue weighted by Gasteiger charge is 2.48. The maximum atomic E-state index is 12.7. The van der Waals surface area contributed by atoms with Gasteiger partial charge in [-0.1, -0.05) is 18.2 Å². The van der Waals surface area contributed by atoms with Crippen LogP contribution in [0.3, 0.4) is 0 Å². The van der Waals surface area contributed by atoms with Gasteiger partial charge in [-0.2, -0.15) is 4.99 Å². The Bertz CT molecular complexity index is 839. The normalized spacial score (nSPS) is 20.1. The first-order chi connectivity index (χ1) is 12.5. The van der Waals surface area contributed by atoms with Crippen LogP contribution in [0.2, 0.25) is 0 Å². The van der Waals surface area contributed by atoms with Crippen molar-refractivity contribution in [3.05, 3.63) is 72.3 Å². The number of benzene rings is 2. The summed E-state index contributed by atoms with van der Waals surface area (Å²) in [6, 6.07) is 14.7. The molecule has 0 bridgehead atoms. The molecule has 0 saturated carbocycles. The second-order valence-electron chi connectivity index (χ2n) is 6.15. The van der Waals surface area contributed by atoms with Gasteiger partial charge in [0.05, 0.1) is 20.1 Å². The molecule has 134 valence electrons. The number of amides is 1. The van der Waals surface area contributed by atoms with E-state index in [0.717, 1.165) is 22.6 Å². The highest BCUT2D eigenvalue weighted by atomic mass is 16.5. The third-order valence-electron chi connectivity index (χ3n) is 4.58. The highest BCUT2D eigenvalue weighted by molar-refractivity contribution is 6.09. The van der Waals surface area contributed by atoms with E-state index in [9.17, 15) is 4.79 Å². The summed E-state index contributed by atoms with van der Waals surface area (Å²) in [4.78, 5) is 16.8. The average Bonchev–Trinajstić information content (AvgIpc) is 2.98. The van der Waals surface area contributed by atoms with Crippen LogP contribution >= 0.6 is 0 Å². The van der Waals surface area contributed by atoms with Crippen LogP contribution < -0.4 is 9.47 Å². The summed E-state index contributed by atoms with van der Waals surface area (Å²) < 4.78 is 16.4. The van der Waals surface area contributed by atoms with Crippen molar-refractivity contribution in [3.63, 3.8) is 0 Å². The molecule has 1 amide bonds. The number of aliphatic imine (C=N–C) groups is 1. The van der Waals surface area contributed by atoms with Gasteiger partial charge in [0, 0.05) is 5.56 Å². The number of methoxy groups -OCH3 is 2. The fourth-order valence-corrected chi connectivity index (χ4v) is 3.01. The number of carbonyl (C=O) groups is 1. The van der Waals surface area contributed by atoms with E-state index in [0.29, 0.717) is 5.90 Å². The van der Waals surface area contributed by atoms with E-state index in [1.807, 2.05) is 36.4 Å². The zero-order valence-electron chi connectivity index (χ0n) is 15.1. The Hall–Kier alpha value is -3.08. The molecule has 1 heterocycles. The first-order valence-corrected chi connectivity index (χ1v) is 8.25. The van der Waals surface area contributed by atoms with Crippen LogP contribution in [-0.4, -0.2) is 31.6 Å². The van der Waals surface area contributed by atoms with Crippen LogP contribution in [0, 0.1) is 0 Å². The van der Waals surface area contributed by atoms with Crippen molar-refractivity contribution in [2.75, 3.05) is 14.2 Å². The van der Waals surface area contributed by atoms with E-state index in [4.69, 9.17) is 14.2 Å². The SMILES string of the molecule is C=CC(c1ccc(OC)cc1)C1(C)OC(c2ccc(OC)cc2)=NC1=O. The van der Waals surface area contributed by atoms with E-state index in [1.54, 1.807) is 39.4 Å². The van der Waals surface area contributed by atoms with Crippen molar-refractivity contribution < 1.29 is 19.0 Å². The largest absolute Gasteiger partial charge is 0.497 e. The predicted molar refractivity (Wildman–Crippen MR) is 100.0 cm³/mol. The van der Waals surface area contributed by atoms with Crippen LogP contribution in [0.25, 0.3) is 0 Å². The van der Waals surface area contributed by atoms with E-state index in [-0.39, 0.29) is 11.8 Å². The monoisotopic (exact) mass is 351 g/mol. The molecule has 2 unspecified atom stereocenters. The lowest BCUT2D eigenvalue weighted by atomic mass is 9.83. The van der Waals surface area contributed by atoms with E-state index < -0.39 is 5.60 Å². The quantitative estimate of drug-likeness (QED) is 0.744. The Kier molecular flexibility index (Phi) is 4.80. The number of hydrogen-bond acceptors (Lipinski definition) is 4. The zero-order valence-corrected chi connectivity index (χ0v) is 15.1. The van der Waals surface area contributed by atoms with Crippen LogP contribution in [-0.2, 0) is 9.53 Å². The molecule has 0 aromatic heterocycles. The fraction of sp³-hybridized carbons (Fsp3) is 0.238. The van der Waals surface area contributed by atoms with Gasteiger partial charge in [-0.25, -0.2) is 0 Å². The molecule has 2 aromatic carbocycles. The summed E-state index contributed by atoms with van der Waals surface area (Å²) in [5.41, 5.74) is 0.481. The molecule has 0 N–H and O–H groups in total. The van der Waals surface area contributed by atoms with Crippen LogP contribution in [0.15, 0.2) is 66.2 Å². The number of carbonyl (C=O) groups excluding carboxylic acids is 1. The van der Waals surface area contributed by atoms with Gasteiger partial charge < -0.3 is 14.2 Å². The van der Waals surface area contributed by atoms with E-state index in [1.165, 1.54) is 0 Å². The molecular formula is C21H21NO4. The maximum absolute atomic E-state index is 12.7. The van der Waals surface area contributed by atoms with Crippen molar-refractivity contribution in [2.45, 2.75) is 18.4 Å². The van der Waals surface area contributed by atoms with Crippen LogP contribution in [0.4, 0.5) is 0 Å². The summed E-state index contributed by atoms with van der Waals surface area (Å²) in [5, 5.41) is 0. The molecular weight excluding hydrogens is 330 g/mol. The Morgan fingerprint density at radius 3 is 2.08 bits per heavy atom. The first kappa shape index (κ1) is 17.7. The third-order valence-corrected chi connectivity index (χ3v) is 4.58. The molecule has 26 heavy (non-hydrogen) atoms. The van der Waals surface area contributed by atoms with Gasteiger partial charge in [-0.15, -0.1) is 6.58 Å². The van der Waals surface area contributed by atoms with Gasteiger partial charge in [0.15, 0.2) is 5.60 Å². The standard InChI is InChI=1S/C21H21NO4/c1-5-18(14-6-10-16(24-3)11-7-14)21(2)20(23)22-19(26-21)15-8-12-17(25-4)13-9-15/h5-13,18H,1H2,2-4H3. The summed E-state index contributed by atoms with van der Waals surface area (Å²) in [7, 11) is 3.21. The topological polar surface area (TPSA) is 57.1 Å². The lowest BCUT2D eigenvalue weighted by Gasteiger charge is -2.29. The van der Waals surface area contributed by atoms with E-state index >= 15 is 0 Å². The molecule has 0 saturated heterocycles. The van der Waals surface area contributed by atoms with Gasteiger partial charge in [-0.05, 0) is 48.9 Å². The summed E-state index contributed by atoms with van der Waals surface area (Å²) in [5.74, 6) is 1.10. The van der Waals surface area contributed by atoms with Crippen molar-refractivity contribution in [1.29, 1.82) is 0 Å². The van der Waals surface area contributed by atoms with Crippen molar-refractivity contribution in [2.24, 2.45) is 4.99 Å². The molecule has 1 aliphatic rings. The second kappa shape index (κ2) is 7.04. The Labute approximate surface area is 152 Å². The Morgan fingerprint density at radius 1 is 1.04 bits per heavy atom. The Morgan fingerprint density at radius 2 is 1.58 bits per heavy atom. The molecule has 2 aromatic rings. The smallest absolute Gasteiger partial charge is 0.293 e. The molecule has 1 aliphatic heterocycles. The second-order valence-corrected chi connectivity index (χ2v) is 6.15. The van der Waals surface area contributed by atoms with Crippen molar-refractivity contribution in [3.8, 4) is 11.5 Å². The number of hydrogen-bond donors (Lipinski definition) is 0. The predicted octanol–water partition coefficient (Wildman–Crippen LogP) is 3.74. The minimum Gasteiger partial charge on any atom is -0.497 e. The van der Waals surface area contributed by atoms with Crippen LogP contribution in [0.1, 0.15) is 24.0 Å². The molecule has 0 fully saturated rings. The summed E-state index contributed by atoms with van der Waals surface area (Å²) in [6.07, 6.45) is 1.71. The van der Waals surface area contributed by atoms with Gasteiger partial charge in [0.2, 0.25) is 5.90 Å². The molecule has 0 spiro atoms. The van der Waals surface area contributed by atoms with Crippen molar-refractivity contribution >= 4 is 11.8 Å². The number of nitrogens with zero attached hydrogens (tertiary/aromatic N) is 1.